The molecule has 28 heavy (non-hydrogen) atoms. The van der Waals surface area contributed by atoms with Crippen LogP contribution in [0.4, 0.5) is 0 Å². The molecular weight excluding hydrogens is 400 g/mol. The van der Waals surface area contributed by atoms with Crippen LogP contribution in [0.15, 0.2) is 17.5 Å². The van der Waals surface area contributed by atoms with Crippen molar-refractivity contribution in [1.82, 2.24) is 9.80 Å². The van der Waals surface area contributed by atoms with Crippen LogP contribution in [-0.2, 0) is 19.4 Å². The molecule has 4 rings (SSSR count). The first-order valence-corrected chi connectivity index (χ1v) is 12.6. The van der Waals surface area contributed by atoms with Gasteiger partial charge in [0.1, 0.15) is 6.04 Å². The van der Waals surface area contributed by atoms with Crippen LogP contribution < -0.4 is 0 Å². The molecule has 0 radical (unpaired) electrons. The van der Waals surface area contributed by atoms with Gasteiger partial charge in [-0.3, -0.25) is 9.59 Å². The maximum atomic E-state index is 13.5. The summed E-state index contributed by atoms with van der Waals surface area (Å²) in [6.45, 7) is 1.66. The fraction of sp³-hybridized carbons (Fsp3) is 0.684. The molecule has 154 valence electrons. The minimum Gasteiger partial charge on any atom is -0.376 e. The van der Waals surface area contributed by atoms with Crippen LogP contribution in [0.2, 0.25) is 0 Å². The van der Waals surface area contributed by atoms with E-state index in [4.69, 9.17) is 4.74 Å². The Kier molecular flexibility index (Phi) is 5.76. The average Bonchev–Trinajstić information content (AvgIpc) is 3.45. The van der Waals surface area contributed by atoms with E-state index in [0.717, 1.165) is 19.3 Å². The molecule has 0 spiro atoms. The first-order valence-electron chi connectivity index (χ1n) is 9.91. The van der Waals surface area contributed by atoms with Crippen molar-refractivity contribution in [3.63, 3.8) is 0 Å². The lowest BCUT2D eigenvalue weighted by molar-refractivity contribution is -0.139. The molecule has 0 N–H and O–H groups in total. The SMILES string of the molecule is O=C([C@@H]1CCCN1C(=O)c1cccs1)N(C[C@H]1CCCO1)[C@H]1CCS(=O)(=O)C1. The van der Waals surface area contributed by atoms with Gasteiger partial charge in [0.05, 0.1) is 22.5 Å². The quantitative estimate of drug-likeness (QED) is 0.713. The van der Waals surface area contributed by atoms with Gasteiger partial charge in [0, 0.05) is 25.7 Å². The Morgan fingerprint density at radius 1 is 1.25 bits per heavy atom. The van der Waals surface area contributed by atoms with Gasteiger partial charge in [0.2, 0.25) is 5.91 Å². The van der Waals surface area contributed by atoms with E-state index in [-0.39, 0.29) is 35.5 Å². The smallest absolute Gasteiger partial charge is 0.264 e. The first-order chi connectivity index (χ1) is 13.4. The third-order valence-electron chi connectivity index (χ3n) is 5.89. The number of ether oxygens (including phenoxy) is 1. The molecule has 9 heteroatoms. The van der Waals surface area contributed by atoms with Crippen molar-refractivity contribution in [2.45, 2.75) is 50.3 Å². The molecule has 0 unspecified atom stereocenters. The lowest BCUT2D eigenvalue weighted by Crippen LogP contribution is -2.53. The highest BCUT2D eigenvalue weighted by Gasteiger charge is 2.42. The number of hydrogen-bond donors (Lipinski definition) is 0. The van der Waals surface area contributed by atoms with Crippen LogP contribution in [0.3, 0.4) is 0 Å². The summed E-state index contributed by atoms with van der Waals surface area (Å²) in [5.41, 5.74) is 0. The summed E-state index contributed by atoms with van der Waals surface area (Å²) in [5.74, 6) is -0.103. The highest BCUT2D eigenvalue weighted by molar-refractivity contribution is 7.91. The predicted molar refractivity (Wildman–Crippen MR) is 106 cm³/mol. The van der Waals surface area contributed by atoms with Gasteiger partial charge in [-0.1, -0.05) is 6.07 Å². The van der Waals surface area contributed by atoms with E-state index in [1.807, 2.05) is 11.4 Å². The molecule has 0 saturated carbocycles. The van der Waals surface area contributed by atoms with Gasteiger partial charge in [-0.25, -0.2) is 8.42 Å². The minimum atomic E-state index is -3.11. The average molecular weight is 427 g/mol. The number of hydrogen-bond acceptors (Lipinski definition) is 6. The zero-order valence-electron chi connectivity index (χ0n) is 15.8. The normalized spacial score (nSPS) is 29.3. The largest absolute Gasteiger partial charge is 0.376 e. The van der Waals surface area contributed by atoms with Crippen molar-refractivity contribution >= 4 is 33.0 Å². The maximum absolute atomic E-state index is 13.5. The summed E-state index contributed by atoms with van der Waals surface area (Å²) >= 11 is 1.38. The summed E-state index contributed by atoms with van der Waals surface area (Å²) in [6, 6.07) is 2.78. The van der Waals surface area contributed by atoms with Crippen molar-refractivity contribution in [2.24, 2.45) is 0 Å². The maximum Gasteiger partial charge on any atom is 0.264 e. The van der Waals surface area contributed by atoms with Crippen LogP contribution >= 0.6 is 11.3 Å². The third kappa shape index (κ3) is 4.11. The molecule has 0 bridgehead atoms. The molecule has 3 aliphatic heterocycles. The molecule has 7 nitrogen and oxygen atoms in total. The van der Waals surface area contributed by atoms with E-state index in [2.05, 4.69) is 0 Å². The Labute approximate surface area is 169 Å². The third-order valence-corrected chi connectivity index (χ3v) is 8.50. The summed E-state index contributed by atoms with van der Waals surface area (Å²) < 4.78 is 29.8. The fourth-order valence-electron chi connectivity index (χ4n) is 4.45. The van der Waals surface area contributed by atoms with Gasteiger partial charge < -0.3 is 14.5 Å². The minimum absolute atomic E-state index is 0.0110. The Morgan fingerprint density at radius 3 is 2.75 bits per heavy atom. The molecule has 1 aromatic heterocycles. The van der Waals surface area contributed by atoms with Gasteiger partial charge in [-0.15, -0.1) is 11.3 Å². The number of sulfone groups is 1. The summed E-state index contributed by atoms with van der Waals surface area (Å²) in [5, 5.41) is 1.85. The van der Waals surface area contributed by atoms with Crippen molar-refractivity contribution < 1.29 is 22.7 Å². The number of carbonyl (C=O) groups excluding carboxylic acids is 2. The second kappa shape index (κ2) is 8.12. The van der Waals surface area contributed by atoms with Gasteiger partial charge in [-0.2, -0.15) is 0 Å². The Morgan fingerprint density at radius 2 is 2.11 bits per heavy atom. The summed E-state index contributed by atoms with van der Waals surface area (Å²) in [6.07, 6.45) is 3.66. The Balaban J connectivity index is 1.54. The van der Waals surface area contributed by atoms with E-state index in [9.17, 15) is 18.0 Å². The molecule has 0 aromatic carbocycles. The number of likely N-dealkylation sites (tertiary alicyclic amines) is 1. The predicted octanol–water partition coefficient (Wildman–Crippen LogP) is 1.55. The van der Waals surface area contributed by atoms with Crippen molar-refractivity contribution in [3.8, 4) is 0 Å². The van der Waals surface area contributed by atoms with E-state index >= 15 is 0 Å². The second-order valence-corrected chi connectivity index (χ2v) is 11.0. The van der Waals surface area contributed by atoms with E-state index in [0.29, 0.717) is 37.4 Å². The van der Waals surface area contributed by atoms with E-state index in [1.165, 1.54) is 11.3 Å². The van der Waals surface area contributed by atoms with E-state index in [1.54, 1.807) is 15.9 Å². The molecule has 3 fully saturated rings. The highest BCUT2D eigenvalue weighted by atomic mass is 32.2. The Hall–Kier alpha value is -1.45. The zero-order chi connectivity index (χ0) is 19.7. The molecule has 1 aromatic rings. The topological polar surface area (TPSA) is 84.0 Å². The molecule has 3 atom stereocenters. The standard InChI is InChI=1S/C19H26N2O5S2/c22-18(16-5-1-8-20(16)19(23)17-6-3-10-27-17)21(12-15-4-2-9-26-15)14-7-11-28(24,25)13-14/h3,6,10,14-16H,1-2,4-5,7-9,11-13H2/t14-,15+,16-/m0/s1. The molecule has 3 aliphatic rings. The molecule has 2 amide bonds. The molecular formula is C19H26N2O5S2. The lowest BCUT2D eigenvalue weighted by atomic mass is 10.1. The van der Waals surface area contributed by atoms with Crippen molar-refractivity contribution in [1.29, 1.82) is 0 Å². The second-order valence-electron chi connectivity index (χ2n) is 7.82. The van der Waals surface area contributed by atoms with E-state index < -0.39 is 15.9 Å². The first kappa shape index (κ1) is 19.8. The lowest BCUT2D eigenvalue weighted by Gasteiger charge is -2.35. The van der Waals surface area contributed by atoms with Gasteiger partial charge in [0.15, 0.2) is 9.84 Å². The van der Waals surface area contributed by atoms with Crippen molar-refractivity contribution in [3.05, 3.63) is 22.4 Å². The van der Waals surface area contributed by atoms with Crippen LogP contribution in [0.1, 0.15) is 41.8 Å². The number of nitrogens with zero attached hydrogens (tertiary/aromatic N) is 2. The number of rotatable bonds is 5. The molecule has 0 aliphatic carbocycles. The van der Waals surface area contributed by atoms with Crippen LogP contribution in [0.25, 0.3) is 0 Å². The van der Waals surface area contributed by atoms with Gasteiger partial charge >= 0.3 is 0 Å². The molecule has 4 heterocycles. The fourth-order valence-corrected chi connectivity index (χ4v) is 6.86. The van der Waals surface area contributed by atoms with Crippen molar-refractivity contribution in [2.75, 3.05) is 31.2 Å². The van der Waals surface area contributed by atoms with Gasteiger partial charge in [0.25, 0.3) is 5.91 Å². The number of thiophene rings is 1. The van der Waals surface area contributed by atoms with Gasteiger partial charge in [-0.05, 0) is 43.6 Å². The summed E-state index contributed by atoms with van der Waals surface area (Å²) in [7, 11) is -3.11. The Bertz CT molecular complexity index is 817. The summed E-state index contributed by atoms with van der Waals surface area (Å²) in [4.78, 5) is 30.4. The zero-order valence-corrected chi connectivity index (χ0v) is 17.4. The number of carbonyl (C=O) groups is 2. The van der Waals surface area contributed by atoms with Crippen LogP contribution in [0, 0.1) is 0 Å². The monoisotopic (exact) mass is 426 g/mol. The van der Waals surface area contributed by atoms with Crippen LogP contribution in [0.5, 0.6) is 0 Å². The molecule has 3 saturated heterocycles. The highest BCUT2D eigenvalue weighted by Crippen LogP contribution is 2.28. The number of amides is 2. The van der Waals surface area contributed by atoms with Crippen LogP contribution in [-0.4, -0.2) is 79.4 Å².